The lowest BCUT2D eigenvalue weighted by molar-refractivity contribution is 0.101. The Labute approximate surface area is 120 Å². The molecule has 0 saturated heterocycles. The van der Waals surface area contributed by atoms with Crippen LogP contribution in [0.3, 0.4) is 0 Å². The van der Waals surface area contributed by atoms with Crippen molar-refractivity contribution < 1.29 is 13.5 Å². The van der Waals surface area contributed by atoms with Crippen LogP contribution in [0.4, 0.5) is 5.69 Å². The lowest BCUT2D eigenvalue weighted by Crippen LogP contribution is -2.45. The Bertz CT molecular complexity index is 572. The third-order valence-corrected chi connectivity index (χ3v) is 5.37. The molecule has 2 atom stereocenters. The van der Waals surface area contributed by atoms with Gasteiger partial charge in [-0.2, -0.15) is 0 Å². The van der Waals surface area contributed by atoms with E-state index in [1.165, 1.54) is 6.07 Å². The first-order valence-corrected chi connectivity index (χ1v) is 8.51. The highest BCUT2D eigenvalue weighted by atomic mass is 32.2. The summed E-state index contributed by atoms with van der Waals surface area (Å²) in [6.07, 6.45) is 3.20. The highest BCUT2D eigenvalue weighted by Crippen LogP contribution is 2.23. The van der Waals surface area contributed by atoms with E-state index in [1.54, 1.807) is 12.1 Å². The summed E-state index contributed by atoms with van der Waals surface area (Å²) in [4.78, 5) is 0.220. The van der Waals surface area contributed by atoms with Gasteiger partial charge in [0.05, 0.1) is 11.0 Å². The molecule has 112 valence electrons. The monoisotopic (exact) mass is 298 g/mol. The average molecular weight is 298 g/mol. The van der Waals surface area contributed by atoms with Gasteiger partial charge < -0.3 is 10.8 Å². The van der Waals surface area contributed by atoms with Crippen molar-refractivity contribution in [1.29, 1.82) is 0 Å². The van der Waals surface area contributed by atoms with Crippen molar-refractivity contribution in [2.45, 2.75) is 56.1 Å². The van der Waals surface area contributed by atoms with Crippen molar-refractivity contribution in [2.24, 2.45) is 0 Å². The molecule has 1 saturated carbocycles. The van der Waals surface area contributed by atoms with Gasteiger partial charge in [0, 0.05) is 11.7 Å². The molecule has 2 rings (SSSR count). The van der Waals surface area contributed by atoms with Crippen molar-refractivity contribution in [3.63, 3.8) is 0 Å². The van der Waals surface area contributed by atoms with Crippen LogP contribution in [0.5, 0.6) is 0 Å². The highest BCUT2D eigenvalue weighted by molar-refractivity contribution is 7.89. The molecular formula is C14H22N2O3S. The Morgan fingerprint density at radius 1 is 1.35 bits per heavy atom. The minimum atomic E-state index is -3.65. The first-order valence-electron chi connectivity index (χ1n) is 7.03. The average Bonchev–Trinajstić information content (AvgIpc) is 2.41. The van der Waals surface area contributed by atoms with Crippen LogP contribution < -0.4 is 10.5 Å². The molecule has 0 spiro atoms. The molecule has 1 aliphatic carbocycles. The van der Waals surface area contributed by atoms with Crippen molar-refractivity contribution in [3.05, 3.63) is 23.8 Å². The third-order valence-electron chi connectivity index (χ3n) is 3.80. The van der Waals surface area contributed by atoms with Gasteiger partial charge in [0.15, 0.2) is 0 Å². The van der Waals surface area contributed by atoms with E-state index in [4.69, 9.17) is 5.73 Å². The minimum Gasteiger partial charge on any atom is -0.399 e. The van der Waals surface area contributed by atoms with Crippen LogP contribution in [0.25, 0.3) is 0 Å². The molecule has 1 fully saturated rings. The summed E-state index contributed by atoms with van der Waals surface area (Å²) in [5.41, 5.74) is 6.85. The van der Waals surface area contributed by atoms with Crippen molar-refractivity contribution >= 4 is 15.7 Å². The quantitative estimate of drug-likeness (QED) is 0.733. The highest BCUT2D eigenvalue weighted by Gasteiger charge is 2.29. The Kier molecular flexibility index (Phi) is 4.67. The van der Waals surface area contributed by atoms with Gasteiger partial charge in [0.1, 0.15) is 0 Å². The number of benzene rings is 1. The van der Waals surface area contributed by atoms with Crippen LogP contribution in [-0.4, -0.2) is 25.7 Å². The molecule has 0 unspecified atom stereocenters. The number of aliphatic hydroxyl groups excluding tert-OH is 1. The molecule has 0 radical (unpaired) electrons. The van der Waals surface area contributed by atoms with E-state index >= 15 is 0 Å². The standard InChI is InChI=1S/C14H22N2O3S/c1-2-10-7-8-11(15)9-14(10)20(18,19)16-12-5-3-4-6-13(12)17/h7-9,12-13,16-17H,2-6,15H2,1H3/t12-,13-/m1/s1. The predicted molar refractivity (Wildman–Crippen MR) is 78.8 cm³/mol. The molecule has 0 amide bonds. The second-order valence-corrected chi connectivity index (χ2v) is 6.98. The number of nitrogens with one attached hydrogen (secondary N) is 1. The third kappa shape index (κ3) is 3.31. The van der Waals surface area contributed by atoms with Crippen molar-refractivity contribution in [1.82, 2.24) is 4.72 Å². The second kappa shape index (κ2) is 6.11. The first-order chi connectivity index (χ1) is 9.44. The summed E-state index contributed by atoms with van der Waals surface area (Å²) in [6.45, 7) is 1.90. The molecule has 1 aromatic carbocycles. The molecule has 1 aliphatic rings. The van der Waals surface area contributed by atoms with Crippen molar-refractivity contribution in [2.75, 3.05) is 5.73 Å². The number of anilines is 1. The van der Waals surface area contributed by atoms with Gasteiger partial charge in [-0.3, -0.25) is 0 Å². The predicted octanol–water partition coefficient (Wildman–Crippen LogP) is 1.41. The van der Waals surface area contributed by atoms with Gasteiger partial charge in [-0.25, -0.2) is 13.1 Å². The van der Waals surface area contributed by atoms with Gasteiger partial charge in [-0.15, -0.1) is 0 Å². The maximum Gasteiger partial charge on any atom is 0.241 e. The van der Waals surface area contributed by atoms with E-state index in [2.05, 4.69) is 4.72 Å². The number of sulfonamides is 1. The molecule has 5 nitrogen and oxygen atoms in total. The molecule has 6 heteroatoms. The summed E-state index contributed by atoms with van der Waals surface area (Å²) in [5.74, 6) is 0. The molecule has 0 aliphatic heterocycles. The first kappa shape index (κ1) is 15.3. The number of nitrogen functional groups attached to an aromatic ring is 1. The summed E-state index contributed by atoms with van der Waals surface area (Å²) in [6, 6.07) is 4.52. The Morgan fingerprint density at radius 3 is 2.70 bits per heavy atom. The van der Waals surface area contributed by atoms with Crippen LogP contribution in [0.15, 0.2) is 23.1 Å². The van der Waals surface area contributed by atoms with Crippen LogP contribution in [0, 0.1) is 0 Å². The normalized spacial score (nSPS) is 23.7. The van der Waals surface area contributed by atoms with Crippen LogP contribution in [0.2, 0.25) is 0 Å². The largest absolute Gasteiger partial charge is 0.399 e. The van der Waals surface area contributed by atoms with Gasteiger partial charge >= 0.3 is 0 Å². The topological polar surface area (TPSA) is 92.4 Å². The Morgan fingerprint density at radius 2 is 2.05 bits per heavy atom. The molecule has 4 N–H and O–H groups in total. The molecular weight excluding hydrogens is 276 g/mol. The fourth-order valence-corrected chi connectivity index (χ4v) is 4.27. The molecule has 1 aromatic rings. The van der Waals surface area contributed by atoms with Crippen LogP contribution in [0.1, 0.15) is 38.2 Å². The number of nitrogens with two attached hydrogens (primary N) is 1. The van der Waals surface area contributed by atoms with E-state index in [-0.39, 0.29) is 4.90 Å². The lowest BCUT2D eigenvalue weighted by atomic mass is 9.93. The van der Waals surface area contributed by atoms with Crippen LogP contribution >= 0.6 is 0 Å². The van der Waals surface area contributed by atoms with Gasteiger partial charge in [0.2, 0.25) is 10.0 Å². The SMILES string of the molecule is CCc1ccc(N)cc1S(=O)(=O)N[C@@H]1CCCC[C@H]1O. The zero-order valence-corrected chi connectivity index (χ0v) is 12.5. The summed E-state index contributed by atoms with van der Waals surface area (Å²) in [7, 11) is -3.65. The Balaban J connectivity index is 2.28. The summed E-state index contributed by atoms with van der Waals surface area (Å²) >= 11 is 0. The second-order valence-electron chi connectivity index (χ2n) is 5.30. The number of rotatable bonds is 4. The molecule has 0 heterocycles. The van der Waals surface area contributed by atoms with Gasteiger partial charge in [0.25, 0.3) is 0 Å². The maximum absolute atomic E-state index is 12.5. The van der Waals surface area contributed by atoms with E-state index in [1.807, 2.05) is 6.92 Å². The zero-order valence-electron chi connectivity index (χ0n) is 11.7. The maximum atomic E-state index is 12.5. The number of aryl methyl sites for hydroxylation is 1. The van der Waals surface area contributed by atoms with Gasteiger partial charge in [-0.1, -0.05) is 25.8 Å². The Hall–Kier alpha value is -1.11. The fourth-order valence-electron chi connectivity index (χ4n) is 2.62. The summed E-state index contributed by atoms with van der Waals surface area (Å²) in [5, 5.41) is 9.91. The molecule has 20 heavy (non-hydrogen) atoms. The summed E-state index contributed by atoms with van der Waals surface area (Å²) < 4.78 is 27.6. The number of hydrogen-bond donors (Lipinski definition) is 3. The lowest BCUT2D eigenvalue weighted by Gasteiger charge is -2.28. The van der Waals surface area contributed by atoms with Gasteiger partial charge in [-0.05, 0) is 37.0 Å². The van der Waals surface area contributed by atoms with E-state index in [9.17, 15) is 13.5 Å². The van der Waals surface area contributed by atoms with E-state index in [0.717, 1.165) is 18.4 Å². The van der Waals surface area contributed by atoms with Crippen molar-refractivity contribution in [3.8, 4) is 0 Å². The number of aliphatic hydroxyl groups is 1. The van der Waals surface area contributed by atoms with E-state index < -0.39 is 22.2 Å². The molecule has 0 aromatic heterocycles. The smallest absolute Gasteiger partial charge is 0.241 e. The fraction of sp³-hybridized carbons (Fsp3) is 0.571. The molecule has 0 bridgehead atoms. The van der Waals surface area contributed by atoms with Crippen LogP contribution in [-0.2, 0) is 16.4 Å². The zero-order chi connectivity index (χ0) is 14.8. The van der Waals surface area contributed by atoms with E-state index in [0.29, 0.717) is 24.9 Å². The minimum absolute atomic E-state index is 0.220. The number of hydrogen-bond acceptors (Lipinski definition) is 4.